The summed E-state index contributed by atoms with van der Waals surface area (Å²) in [6, 6.07) is 18.7. The maximum atomic E-state index is 13.6. The molecule has 3 aromatic rings. The Morgan fingerprint density at radius 3 is 2.28 bits per heavy atom. The van der Waals surface area contributed by atoms with Gasteiger partial charge >= 0.3 is 0 Å². The van der Waals surface area contributed by atoms with Gasteiger partial charge in [0.05, 0.1) is 5.41 Å². The standard InChI is InChI=1S/C26H32N2O/c1-25(2,3)23-18-19-17-21(13-14-22(19)28-23)27-24(29)26(15-9-4-5-10-16-26)20-11-7-6-8-12-20/h6-8,11-14,17-18,28H,4-5,9-10,15-16H2,1-3H3,(H,27,29). The number of benzene rings is 2. The summed E-state index contributed by atoms with van der Waals surface area (Å²) in [6.07, 6.45) is 6.48. The molecule has 0 unspecified atom stereocenters. The summed E-state index contributed by atoms with van der Waals surface area (Å²) in [7, 11) is 0. The van der Waals surface area contributed by atoms with Crippen LogP contribution < -0.4 is 5.32 Å². The van der Waals surface area contributed by atoms with Gasteiger partial charge in [0.1, 0.15) is 0 Å². The Hall–Kier alpha value is -2.55. The van der Waals surface area contributed by atoms with E-state index < -0.39 is 5.41 Å². The van der Waals surface area contributed by atoms with Crippen LogP contribution in [0.4, 0.5) is 5.69 Å². The highest BCUT2D eigenvalue weighted by atomic mass is 16.2. The molecule has 2 N–H and O–H groups in total. The summed E-state index contributed by atoms with van der Waals surface area (Å²) in [5, 5.41) is 4.41. The van der Waals surface area contributed by atoms with Crippen molar-refractivity contribution in [2.45, 2.75) is 70.1 Å². The van der Waals surface area contributed by atoms with Crippen molar-refractivity contribution >= 4 is 22.5 Å². The molecule has 1 heterocycles. The molecule has 2 aromatic carbocycles. The number of amides is 1. The van der Waals surface area contributed by atoms with Gasteiger partial charge in [-0.25, -0.2) is 0 Å². The molecular formula is C26H32N2O. The summed E-state index contributed by atoms with van der Waals surface area (Å²) in [5.74, 6) is 0.136. The minimum absolute atomic E-state index is 0.0696. The molecule has 1 aromatic heterocycles. The Morgan fingerprint density at radius 2 is 1.62 bits per heavy atom. The Labute approximate surface area is 173 Å². The van der Waals surface area contributed by atoms with Crippen molar-refractivity contribution in [2.75, 3.05) is 5.32 Å². The van der Waals surface area contributed by atoms with Gasteiger partial charge in [-0.2, -0.15) is 0 Å². The predicted molar refractivity (Wildman–Crippen MR) is 121 cm³/mol. The molecule has 4 rings (SSSR count). The minimum Gasteiger partial charge on any atom is -0.358 e. The van der Waals surface area contributed by atoms with E-state index >= 15 is 0 Å². The maximum Gasteiger partial charge on any atom is 0.235 e. The number of H-pyrrole nitrogens is 1. The number of carbonyl (C=O) groups excluding carboxylic acids is 1. The van der Waals surface area contributed by atoms with E-state index in [1.807, 2.05) is 12.1 Å². The highest BCUT2D eigenvalue weighted by Crippen LogP contribution is 2.39. The summed E-state index contributed by atoms with van der Waals surface area (Å²) in [4.78, 5) is 17.1. The molecule has 1 fully saturated rings. The molecule has 0 spiro atoms. The number of hydrogen-bond acceptors (Lipinski definition) is 1. The van der Waals surface area contributed by atoms with E-state index in [1.54, 1.807) is 0 Å². The van der Waals surface area contributed by atoms with Gasteiger partial charge in [-0.1, -0.05) is 76.8 Å². The van der Waals surface area contributed by atoms with E-state index in [2.05, 4.69) is 73.5 Å². The number of fused-ring (bicyclic) bond motifs is 1. The van der Waals surface area contributed by atoms with Gasteiger partial charge in [-0.3, -0.25) is 4.79 Å². The molecule has 1 aliphatic carbocycles. The lowest BCUT2D eigenvalue weighted by Gasteiger charge is -2.32. The molecular weight excluding hydrogens is 356 g/mol. The van der Waals surface area contributed by atoms with Crippen molar-refractivity contribution in [1.82, 2.24) is 4.98 Å². The van der Waals surface area contributed by atoms with Crippen LogP contribution in [0.2, 0.25) is 0 Å². The van der Waals surface area contributed by atoms with E-state index in [1.165, 1.54) is 18.5 Å². The SMILES string of the molecule is CC(C)(C)c1cc2cc(NC(=O)C3(c4ccccc4)CCCCCC3)ccc2[nH]1. The zero-order valence-electron chi connectivity index (χ0n) is 17.8. The molecule has 1 amide bonds. The Kier molecular flexibility index (Phi) is 5.24. The van der Waals surface area contributed by atoms with Gasteiger partial charge in [-0.15, -0.1) is 0 Å². The third-order valence-corrected chi connectivity index (χ3v) is 6.40. The summed E-state index contributed by atoms with van der Waals surface area (Å²) in [6.45, 7) is 6.61. The zero-order valence-corrected chi connectivity index (χ0v) is 17.8. The molecule has 1 saturated carbocycles. The van der Waals surface area contributed by atoms with E-state index in [0.717, 1.165) is 47.8 Å². The van der Waals surface area contributed by atoms with Crippen LogP contribution in [-0.4, -0.2) is 10.9 Å². The average Bonchev–Trinajstić information content (AvgIpc) is 2.98. The third kappa shape index (κ3) is 3.96. The average molecular weight is 389 g/mol. The third-order valence-electron chi connectivity index (χ3n) is 6.40. The first-order valence-corrected chi connectivity index (χ1v) is 10.9. The number of nitrogens with one attached hydrogen (secondary N) is 2. The van der Waals surface area contributed by atoms with Crippen LogP contribution in [0.5, 0.6) is 0 Å². The number of rotatable bonds is 3. The smallest absolute Gasteiger partial charge is 0.235 e. The lowest BCUT2D eigenvalue weighted by molar-refractivity contribution is -0.122. The van der Waals surface area contributed by atoms with Gasteiger partial charge in [0.15, 0.2) is 0 Å². The van der Waals surface area contributed by atoms with E-state index in [4.69, 9.17) is 0 Å². The first kappa shape index (κ1) is 19.8. The number of aromatic amines is 1. The molecule has 1 aliphatic rings. The summed E-state index contributed by atoms with van der Waals surface area (Å²) < 4.78 is 0. The second-order valence-corrected chi connectivity index (χ2v) is 9.55. The first-order chi connectivity index (χ1) is 13.9. The molecule has 3 heteroatoms. The second kappa shape index (κ2) is 7.70. The maximum absolute atomic E-state index is 13.6. The van der Waals surface area contributed by atoms with Gasteiger partial charge < -0.3 is 10.3 Å². The largest absolute Gasteiger partial charge is 0.358 e. The van der Waals surface area contributed by atoms with Gasteiger partial charge in [-0.05, 0) is 42.7 Å². The molecule has 0 aliphatic heterocycles. The van der Waals surface area contributed by atoms with Crippen molar-refractivity contribution in [3.05, 3.63) is 65.9 Å². The zero-order chi connectivity index (χ0) is 20.5. The van der Waals surface area contributed by atoms with E-state index in [0.29, 0.717) is 0 Å². The van der Waals surface area contributed by atoms with E-state index in [-0.39, 0.29) is 11.3 Å². The van der Waals surface area contributed by atoms with Crippen molar-refractivity contribution in [3.8, 4) is 0 Å². The van der Waals surface area contributed by atoms with Gasteiger partial charge in [0, 0.05) is 27.7 Å². The normalized spacial score (nSPS) is 17.1. The summed E-state index contributed by atoms with van der Waals surface area (Å²) in [5.41, 5.74) is 3.99. The van der Waals surface area contributed by atoms with Crippen LogP contribution in [-0.2, 0) is 15.6 Å². The van der Waals surface area contributed by atoms with E-state index in [9.17, 15) is 4.79 Å². The Bertz CT molecular complexity index is 986. The molecule has 0 atom stereocenters. The highest BCUT2D eigenvalue weighted by molar-refractivity contribution is 6.00. The molecule has 0 bridgehead atoms. The van der Waals surface area contributed by atoms with Crippen molar-refractivity contribution in [3.63, 3.8) is 0 Å². The van der Waals surface area contributed by atoms with Crippen LogP contribution in [0.25, 0.3) is 10.9 Å². The number of carbonyl (C=O) groups is 1. The topological polar surface area (TPSA) is 44.9 Å². The number of hydrogen-bond donors (Lipinski definition) is 2. The quantitative estimate of drug-likeness (QED) is 0.482. The Balaban J connectivity index is 1.65. The lowest BCUT2D eigenvalue weighted by Crippen LogP contribution is -2.40. The fourth-order valence-corrected chi connectivity index (χ4v) is 4.60. The van der Waals surface area contributed by atoms with Crippen LogP contribution in [0.3, 0.4) is 0 Å². The molecule has 152 valence electrons. The Morgan fingerprint density at radius 1 is 0.931 bits per heavy atom. The van der Waals surface area contributed by atoms with Crippen molar-refractivity contribution < 1.29 is 4.79 Å². The minimum atomic E-state index is -0.429. The van der Waals surface area contributed by atoms with Gasteiger partial charge in [0.2, 0.25) is 5.91 Å². The monoisotopic (exact) mass is 388 g/mol. The molecule has 0 saturated heterocycles. The fraction of sp³-hybridized carbons (Fsp3) is 0.423. The van der Waals surface area contributed by atoms with Crippen LogP contribution in [0.1, 0.15) is 70.6 Å². The fourth-order valence-electron chi connectivity index (χ4n) is 4.60. The van der Waals surface area contributed by atoms with Crippen molar-refractivity contribution in [1.29, 1.82) is 0 Å². The van der Waals surface area contributed by atoms with Crippen LogP contribution >= 0.6 is 0 Å². The highest BCUT2D eigenvalue weighted by Gasteiger charge is 2.40. The lowest BCUT2D eigenvalue weighted by atomic mass is 9.73. The summed E-state index contributed by atoms with van der Waals surface area (Å²) >= 11 is 0. The molecule has 29 heavy (non-hydrogen) atoms. The predicted octanol–water partition coefficient (Wildman–Crippen LogP) is 6.70. The van der Waals surface area contributed by atoms with Gasteiger partial charge in [0.25, 0.3) is 0 Å². The van der Waals surface area contributed by atoms with Crippen LogP contribution in [0.15, 0.2) is 54.6 Å². The number of aromatic nitrogens is 1. The van der Waals surface area contributed by atoms with Crippen LogP contribution in [0, 0.1) is 0 Å². The second-order valence-electron chi connectivity index (χ2n) is 9.55. The molecule has 0 radical (unpaired) electrons. The first-order valence-electron chi connectivity index (χ1n) is 10.9. The molecule has 3 nitrogen and oxygen atoms in total. The van der Waals surface area contributed by atoms with Crippen molar-refractivity contribution in [2.24, 2.45) is 0 Å². The number of anilines is 1.